The summed E-state index contributed by atoms with van der Waals surface area (Å²) in [6.07, 6.45) is 5.34. The van der Waals surface area contributed by atoms with Gasteiger partial charge in [0.25, 0.3) is 0 Å². The summed E-state index contributed by atoms with van der Waals surface area (Å²) >= 11 is 0. The summed E-state index contributed by atoms with van der Waals surface area (Å²) < 4.78 is 23.7. The first-order valence-corrected chi connectivity index (χ1v) is 5.86. The average molecular weight is 208 g/mol. The van der Waals surface area contributed by atoms with Crippen molar-refractivity contribution in [3.63, 3.8) is 0 Å². The van der Waals surface area contributed by atoms with E-state index < -0.39 is 15.1 Å². The van der Waals surface area contributed by atoms with E-state index in [9.17, 15) is 8.42 Å². The molecule has 0 saturated heterocycles. The lowest BCUT2D eigenvalue weighted by Gasteiger charge is -2.09. The van der Waals surface area contributed by atoms with Crippen molar-refractivity contribution in [3.05, 3.63) is 30.3 Å². The minimum absolute atomic E-state index is 0.247. The first-order valence-electron chi connectivity index (χ1n) is 4.31. The summed E-state index contributed by atoms with van der Waals surface area (Å²) in [5.41, 5.74) is 0. The molecule has 1 atom stereocenters. The Morgan fingerprint density at radius 1 is 1.36 bits per heavy atom. The molecule has 0 bridgehead atoms. The van der Waals surface area contributed by atoms with Crippen LogP contribution in [0, 0.1) is 12.3 Å². The third-order valence-corrected chi connectivity index (χ3v) is 4.16. The lowest BCUT2D eigenvalue weighted by atomic mass is 10.3. The molecular formula is C11H12O2S. The van der Waals surface area contributed by atoms with Gasteiger partial charge in [0, 0.05) is 6.42 Å². The van der Waals surface area contributed by atoms with Gasteiger partial charge in [0.2, 0.25) is 0 Å². The molecule has 1 aromatic carbocycles. The maximum absolute atomic E-state index is 11.8. The number of rotatable bonds is 3. The number of sulfone groups is 1. The molecule has 0 radical (unpaired) electrons. The summed E-state index contributed by atoms with van der Waals surface area (Å²) in [4.78, 5) is 0.336. The van der Waals surface area contributed by atoms with E-state index in [4.69, 9.17) is 6.42 Å². The predicted octanol–water partition coefficient (Wildman–Crippen LogP) is 1.87. The minimum Gasteiger partial charge on any atom is -0.223 e. The van der Waals surface area contributed by atoms with Gasteiger partial charge in [-0.25, -0.2) is 8.42 Å². The van der Waals surface area contributed by atoms with Crippen LogP contribution < -0.4 is 0 Å². The SMILES string of the molecule is C#CCC(C)S(=O)(=O)c1ccccc1. The zero-order valence-corrected chi connectivity index (χ0v) is 8.79. The maximum atomic E-state index is 11.8. The quantitative estimate of drug-likeness (QED) is 0.711. The molecule has 1 rings (SSSR count). The topological polar surface area (TPSA) is 34.1 Å². The lowest BCUT2D eigenvalue weighted by molar-refractivity contribution is 0.584. The number of terminal acetylenes is 1. The summed E-state index contributed by atoms with van der Waals surface area (Å²) in [6.45, 7) is 1.63. The van der Waals surface area contributed by atoms with Crippen LogP contribution >= 0.6 is 0 Å². The van der Waals surface area contributed by atoms with Gasteiger partial charge in [0.15, 0.2) is 9.84 Å². The molecule has 0 aliphatic heterocycles. The Morgan fingerprint density at radius 3 is 2.43 bits per heavy atom. The van der Waals surface area contributed by atoms with Crippen LogP contribution in [0.5, 0.6) is 0 Å². The highest BCUT2D eigenvalue weighted by molar-refractivity contribution is 7.92. The van der Waals surface area contributed by atoms with E-state index in [-0.39, 0.29) is 6.42 Å². The monoisotopic (exact) mass is 208 g/mol. The first-order chi connectivity index (χ1) is 6.59. The van der Waals surface area contributed by atoms with Crippen LogP contribution in [0.15, 0.2) is 35.2 Å². The highest BCUT2D eigenvalue weighted by atomic mass is 32.2. The summed E-state index contributed by atoms with van der Waals surface area (Å²) in [7, 11) is -3.24. The maximum Gasteiger partial charge on any atom is 0.181 e. The molecule has 3 heteroatoms. The second-order valence-corrected chi connectivity index (χ2v) is 5.44. The third kappa shape index (κ3) is 2.15. The van der Waals surface area contributed by atoms with Crippen molar-refractivity contribution < 1.29 is 8.42 Å². The lowest BCUT2D eigenvalue weighted by Crippen LogP contribution is -2.17. The average Bonchev–Trinajstić information content (AvgIpc) is 2.19. The van der Waals surface area contributed by atoms with E-state index in [0.717, 1.165) is 0 Å². The number of benzene rings is 1. The highest BCUT2D eigenvalue weighted by Gasteiger charge is 2.21. The van der Waals surface area contributed by atoms with Crippen LogP contribution in [0.3, 0.4) is 0 Å². The van der Waals surface area contributed by atoms with Crippen molar-refractivity contribution in [1.82, 2.24) is 0 Å². The second-order valence-electron chi connectivity index (χ2n) is 3.08. The Morgan fingerprint density at radius 2 is 1.93 bits per heavy atom. The van der Waals surface area contributed by atoms with E-state index in [1.807, 2.05) is 0 Å². The number of hydrogen-bond donors (Lipinski definition) is 0. The first kappa shape index (κ1) is 10.8. The van der Waals surface area contributed by atoms with Crippen molar-refractivity contribution in [2.24, 2.45) is 0 Å². The van der Waals surface area contributed by atoms with Crippen molar-refractivity contribution in [2.75, 3.05) is 0 Å². The van der Waals surface area contributed by atoms with Crippen molar-refractivity contribution in [3.8, 4) is 12.3 Å². The van der Waals surface area contributed by atoms with Crippen LogP contribution in [0.4, 0.5) is 0 Å². The van der Waals surface area contributed by atoms with E-state index in [2.05, 4.69) is 5.92 Å². The fraction of sp³-hybridized carbons (Fsp3) is 0.273. The van der Waals surface area contributed by atoms with Gasteiger partial charge >= 0.3 is 0 Å². The van der Waals surface area contributed by atoms with Gasteiger partial charge < -0.3 is 0 Å². The second kappa shape index (κ2) is 4.30. The molecule has 0 heterocycles. The standard InChI is InChI=1S/C11H12O2S/c1-3-7-10(2)14(12,13)11-8-5-4-6-9-11/h1,4-6,8-10H,7H2,2H3. The molecule has 0 spiro atoms. The van der Waals surface area contributed by atoms with Gasteiger partial charge in [-0.2, -0.15) is 0 Å². The van der Waals surface area contributed by atoms with E-state index in [1.54, 1.807) is 37.3 Å². The largest absolute Gasteiger partial charge is 0.223 e. The van der Waals surface area contributed by atoms with Gasteiger partial charge in [-0.15, -0.1) is 12.3 Å². The Bertz CT molecular complexity index is 426. The summed E-state index contributed by atoms with van der Waals surface area (Å²) in [5, 5.41) is -0.519. The van der Waals surface area contributed by atoms with Gasteiger partial charge in [-0.1, -0.05) is 18.2 Å². The molecule has 74 valence electrons. The Hall–Kier alpha value is -1.27. The Kier molecular flexibility index (Phi) is 3.32. The third-order valence-electron chi connectivity index (χ3n) is 2.01. The van der Waals surface area contributed by atoms with Crippen LogP contribution in [0.1, 0.15) is 13.3 Å². The van der Waals surface area contributed by atoms with Gasteiger partial charge in [-0.05, 0) is 19.1 Å². The molecule has 0 aliphatic rings. The van der Waals surface area contributed by atoms with Gasteiger partial charge in [-0.3, -0.25) is 0 Å². The van der Waals surface area contributed by atoms with Gasteiger partial charge in [0.05, 0.1) is 10.1 Å². The Labute approximate surface area is 84.9 Å². The normalized spacial score (nSPS) is 13.1. The van der Waals surface area contributed by atoms with Crippen molar-refractivity contribution >= 4 is 9.84 Å². The van der Waals surface area contributed by atoms with Crippen LogP contribution in [0.25, 0.3) is 0 Å². The van der Waals surface area contributed by atoms with E-state index in [0.29, 0.717) is 4.90 Å². The number of hydrogen-bond acceptors (Lipinski definition) is 2. The van der Waals surface area contributed by atoms with Crippen LogP contribution in [-0.2, 0) is 9.84 Å². The summed E-state index contributed by atoms with van der Waals surface area (Å²) in [5.74, 6) is 2.36. The Balaban J connectivity index is 3.05. The molecule has 0 amide bonds. The highest BCUT2D eigenvalue weighted by Crippen LogP contribution is 2.16. The molecule has 1 unspecified atom stereocenters. The van der Waals surface area contributed by atoms with Crippen molar-refractivity contribution in [2.45, 2.75) is 23.5 Å². The molecule has 2 nitrogen and oxygen atoms in total. The molecule has 0 aliphatic carbocycles. The fourth-order valence-electron chi connectivity index (χ4n) is 1.12. The molecule has 0 fully saturated rings. The van der Waals surface area contributed by atoms with Crippen LogP contribution in [0.2, 0.25) is 0 Å². The molecule has 14 heavy (non-hydrogen) atoms. The molecule has 1 aromatic rings. The van der Waals surface area contributed by atoms with E-state index >= 15 is 0 Å². The molecule has 0 N–H and O–H groups in total. The summed E-state index contributed by atoms with van der Waals surface area (Å²) in [6, 6.07) is 8.36. The molecular weight excluding hydrogens is 196 g/mol. The smallest absolute Gasteiger partial charge is 0.181 e. The predicted molar refractivity (Wildman–Crippen MR) is 56.5 cm³/mol. The molecule has 0 saturated carbocycles. The van der Waals surface area contributed by atoms with Crippen LogP contribution in [-0.4, -0.2) is 13.7 Å². The van der Waals surface area contributed by atoms with Crippen molar-refractivity contribution in [1.29, 1.82) is 0 Å². The molecule has 0 aromatic heterocycles. The van der Waals surface area contributed by atoms with Gasteiger partial charge in [0.1, 0.15) is 0 Å². The minimum atomic E-state index is -3.24. The zero-order valence-electron chi connectivity index (χ0n) is 7.97. The zero-order chi connectivity index (χ0) is 10.6. The fourth-order valence-corrected chi connectivity index (χ4v) is 2.43. The van der Waals surface area contributed by atoms with E-state index in [1.165, 1.54) is 0 Å².